The summed E-state index contributed by atoms with van der Waals surface area (Å²) in [6.07, 6.45) is 2.74. The molecule has 1 aromatic carbocycles. The molecule has 0 saturated heterocycles. The lowest BCUT2D eigenvalue weighted by Crippen LogP contribution is -2.26. The van der Waals surface area contributed by atoms with Crippen molar-refractivity contribution in [1.82, 2.24) is 5.32 Å². The van der Waals surface area contributed by atoms with Crippen molar-refractivity contribution in [3.8, 4) is 11.5 Å². The predicted octanol–water partition coefficient (Wildman–Crippen LogP) is 1.68. The van der Waals surface area contributed by atoms with Gasteiger partial charge >= 0.3 is 0 Å². The largest absolute Gasteiger partial charge is 0.493 e. The van der Waals surface area contributed by atoms with Crippen molar-refractivity contribution in [3.05, 3.63) is 36.4 Å². The molecule has 0 aromatic heterocycles. The van der Waals surface area contributed by atoms with Crippen molar-refractivity contribution >= 4 is 25.6 Å². The molecule has 0 unspecified atom stereocenters. The molecule has 0 aliphatic rings. The number of nitrogens with one attached hydrogen (secondary N) is 1. The third kappa shape index (κ3) is 6.40. The van der Waals surface area contributed by atoms with Crippen molar-refractivity contribution in [2.24, 2.45) is 0 Å². The highest BCUT2D eigenvalue weighted by atomic mass is 33.1. The van der Waals surface area contributed by atoms with Gasteiger partial charge < -0.3 is 14.8 Å². The van der Waals surface area contributed by atoms with Crippen LogP contribution in [0.4, 0.5) is 0 Å². The number of hydrogen-bond acceptors (Lipinski definition) is 6. The topological polar surface area (TPSA) is 81.7 Å². The highest BCUT2D eigenvalue weighted by molar-refractivity contribution is 8.71. The number of hydrogen-bond donors (Lipinski definition) is 1. The molecule has 0 atom stereocenters. The van der Waals surface area contributed by atoms with Crippen LogP contribution in [0.3, 0.4) is 0 Å². The van der Waals surface area contributed by atoms with Crippen molar-refractivity contribution < 1.29 is 22.7 Å². The van der Waals surface area contributed by atoms with Crippen LogP contribution in [0.15, 0.2) is 30.9 Å². The maximum absolute atomic E-state index is 12.0. The lowest BCUT2D eigenvalue weighted by Gasteiger charge is -2.11. The van der Waals surface area contributed by atoms with Crippen molar-refractivity contribution in [1.29, 1.82) is 0 Å². The van der Waals surface area contributed by atoms with E-state index in [4.69, 9.17) is 9.47 Å². The highest BCUT2D eigenvalue weighted by Gasteiger charge is 2.11. The van der Waals surface area contributed by atoms with Gasteiger partial charge in [0, 0.05) is 24.1 Å². The van der Waals surface area contributed by atoms with Crippen LogP contribution in [0.5, 0.6) is 11.5 Å². The molecule has 8 heteroatoms. The molecule has 1 amide bonds. The Morgan fingerprint density at radius 3 is 2.73 bits per heavy atom. The summed E-state index contributed by atoms with van der Waals surface area (Å²) in [6.45, 7) is 4.16. The Labute approximate surface area is 134 Å². The van der Waals surface area contributed by atoms with Gasteiger partial charge in [-0.2, -0.15) is 0 Å². The lowest BCUT2D eigenvalue weighted by atomic mass is 10.2. The average molecular weight is 345 g/mol. The molecule has 0 fully saturated rings. The van der Waals surface area contributed by atoms with Crippen LogP contribution in [0.1, 0.15) is 10.4 Å². The van der Waals surface area contributed by atoms with Gasteiger partial charge in [0.1, 0.15) is 6.61 Å². The minimum atomic E-state index is -3.09. The summed E-state index contributed by atoms with van der Waals surface area (Å²) >= 11 is 0. The number of ether oxygens (including phenoxy) is 2. The monoisotopic (exact) mass is 345 g/mol. The minimum Gasteiger partial charge on any atom is -0.493 e. The van der Waals surface area contributed by atoms with E-state index in [2.05, 4.69) is 11.9 Å². The van der Waals surface area contributed by atoms with E-state index in [1.54, 1.807) is 24.3 Å². The van der Waals surface area contributed by atoms with Gasteiger partial charge in [-0.05, 0) is 29.0 Å². The van der Waals surface area contributed by atoms with Gasteiger partial charge in [-0.1, -0.05) is 12.7 Å². The van der Waals surface area contributed by atoms with Crippen LogP contribution in [-0.2, 0) is 8.87 Å². The van der Waals surface area contributed by atoms with Gasteiger partial charge in [-0.25, -0.2) is 8.42 Å². The SMILES string of the molecule is C=CCOc1ccc(C(=O)NCCSS(C)(=O)=O)cc1OC. The molecule has 22 heavy (non-hydrogen) atoms. The van der Waals surface area contributed by atoms with E-state index in [-0.39, 0.29) is 12.5 Å². The Hall–Kier alpha value is -1.67. The molecule has 0 saturated carbocycles. The molecule has 122 valence electrons. The minimum absolute atomic E-state index is 0.258. The van der Waals surface area contributed by atoms with E-state index >= 15 is 0 Å². The first-order chi connectivity index (χ1) is 10.4. The first-order valence-electron chi connectivity index (χ1n) is 6.41. The zero-order chi connectivity index (χ0) is 16.6. The fourth-order valence-electron chi connectivity index (χ4n) is 1.54. The van der Waals surface area contributed by atoms with Crippen molar-refractivity contribution in [2.75, 3.05) is 32.3 Å². The van der Waals surface area contributed by atoms with Gasteiger partial charge in [0.2, 0.25) is 0 Å². The molecule has 1 N–H and O–H groups in total. The first-order valence-corrected chi connectivity index (χ1v) is 9.81. The molecule has 1 aromatic rings. The summed E-state index contributed by atoms with van der Waals surface area (Å²) in [5.74, 6) is 0.955. The Balaban J connectivity index is 2.63. The summed E-state index contributed by atoms with van der Waals surface area (Å²) < 4.78 is 32.5. The smallest absolute Gasteiger partial charge is 0.251 e. The fourth-order valence-corrected chi connectivity index (χ4v) is 3.18. The standard InChI is InChI=1S/C14H19NO5S2/c1-4-8-20-12-6-5-11(10-13(12)19-2)14(16)15-7-9-21-22(3,17)18/h4-6,10H,1,7-9H2,2-3H3,(H,15,16). The summed E-state index contributed by atoms with van der Waals surface area (Å²) in [7, 11) is -0.811. The number of carbonyl (C=O) groups excluding carboxylic acids is 1. The fraction of sp³-hybridized carbons (Fsp3) is 0.357. The third-order valence-electron chi connectivity index (χ3n) is 2.47. The summed E-state index contributed by atoms with van der Waals surface area (Å²) in [5.41, 5.74) is 0.409. The molecule has 0 spiro atoms. The molecule has 1 rings (SSSR count). The van der Waals surface area contributed by atoms with E-state index in [9.17, 15) is 13.2 Å². The van der Waals surface area contributed by atoms with Crippen LogP contribution < -0.4 is 14.8 Å². The summed E-state index contributed by atoms with van der Waals surface area (Å²) in [6, 6.07) is 4.82. The van der Waals surface area contributed by atoms with Crippen molar-refractivity contribution in [3.63, 3.8) is 0 Å². The van der Waals surface area contributed by atoms with Crippen LogP contribution in [0.25, 0.3) is 0 Å². The summed E-state index contributed by atoms with van der Waals surface area (Å²) in [4.78, 5) is 12.0. The molecular weight excluding hydrogens is 326 g/mol. The molecule has 0 bridgehead atoms. The zero-order valence-electron chi connectivity index (χ0n) is 12.5. The molecular formula is C14H19NO5S2. The zero-order valence-corrected chi connectivity index (χ0v) is 14.1. The number of rotatable bonds is 9. The number of methoxy groups -OCH3 is 1. The maximum atomic E-state index is 12.0. The Bertz CT molecular complexity index is 628. The molecule has 0 aliphatic heterocycles. The normalized spacial score (nSPS) is 10.8. The van der Waals surface area contributed by atoms with Crippen LogP contribution in [-0.4, -0.2) is 46.6 Å². The Morgan fingerprint density at radius 1 is 1.41 bits per heavy atom. The Kier molecular flexibility index (Phi) is 7.26. The molecule has 6 nitrogen and oxygen atoms in total. The third-order valence-corrected chi connectivity index (χ3v) is 5.05. The van der Waals surface area contributed by atoms with E-state index in [1.165, 1.54) is 7.11 Å². The van der Waals surface area contributed by atoms with E-state index in [0.29, 0.717) is 29.4 Å². The van der Waals surface area contributed by atoms with Gasteiger partial charge in [-0.3, -0.25) is 4.79 Å². The second kappa shape index (κ2) is 8.70. The molecule has 0 aliphatic carbocycles. The number of benzene rings is 1. The van der Waals surface area contributed by atoms with Gasteiger partial charge in [0.15, 0.2) is 20.4 Å². The van der Waals surface area contributed by atoms with Crippen LogP contribution in [0.2, 0.25) is 0 Å². The average Bonchev–Trinajstić information content (AvgIpc) is 2.48. The van der Waals surface area contributed by atoms with E-state index < -0.39 is 8.87 Å². The van der Waals surface area contributed by atoms with Gasteiger partial charge in [-0.15, -0.1) is 0 Å². The molecule has 0 heterocycles. The van der Waals surface area contributed by atoms with Crippen LogP contribution in [0, 0.1) is 0 Å². The highest BCUT2D eigenvalue weighted by Crippen LogP contribution is 2.28. The number of amides is 1. The quantitative estimate of drug-likeness (QED) is 0.417. The van der Waals surface area contributed by atoms with Gasteiger partial charge in [0.05, 0.1) is 7.11 Å². The first kappa shape index (κ1) is 18.4. The van der Waals surface area contributed by atoms with Crippen molar-refractivity contribution in [2.45, 2.75) is 0 Å². The number of carbonyl (C=O) groups is 1. The van der Waals surface area contributed by atoms with Gasteiger partial charge in [0.25, 0.3) is 5.91 Å². The van der Waals surface area contributed by atoms with E-state index in [0.717, 1.165) is 17.0 Å². The van der Waals surface area contributed by atoms with Crippen LogP contribution >= 0.6 is 10.8 Å². The second-order valence-electron chi connectivity index (χ2n) is 4.25. The second-order valence-corrected chi connectivity index (χ2v) is 8.82. The summed E-state index contributed by atoms with van der Waals surface area (Å²) in [5, 5.41) is 2.65. The lowest BCUT2D eigenvalue weighted by molar-refractivity contribution is 0.0955. The maximum Gasteiger partial charge on any atom is 0.251 e. The van der Waals surface area contributed by atoms with E-state index in [1.807, 2.05) is 0 Å². The predicted molar refractivity (Wildman–Crippen MR) is 88.3 cm³/mol. The molecule has 0 radical (unpaired) electrons. The Morgan fingerprint density at radius 2 is 2.14 bits per heavy atom.